The molecular weight excluding hydrogens is 458 g/mol. The highest BCUT2D eigenvalue weighted by atomic mass is 35.5. The number of amides is 2. The summed E-state index contributed by atoms with van der Waals surface area (Å²) in [5, 5.41) is 6.32. The van der Waals surface area contributed by atoms with Gasteiger partial charge in [-0.3, -0.25) is 9.59 Å². The fourth-order valence-corrected chi connectivity index (χ4v) is 5.06. The van der Waals surface area contributed by atoms with E-state index in [9.17, 15) is 9.59 Å². The van der Waals surface area contributed by atoms with Gasteiger partial charge in [0.1, 0.15) is 11.4 Å². The Hall–Kier alpha value is -2.90. The molecule has 1 saturated heterocycles. The normalized spacial score (nSPS) is 14.2. The van der Waals surface area contributed by atoms with Gasteiger partial charge < -0.3 is 15.0 Å². The van der Waals surface area contributed by atoms with E-state index >= 15 is 0 Å². The SMILES string of the molecule is COc1ccc(CNC(=O)c2csc(C3CCN(C(=O)Cc4ccccc4Cl)CC3)n2)cc1. The Morgan fingerprint density at radius 3 is 2.58 bits per heavy atom. The molecule has 1 N–H and O–H groups in total. The maximum Gasteiger partial charge on any atom is 0.271 e. The molecule has 1 aromatic heterocycles. The summed E-state index contributed by atoms with van der Waals surface area (Å²) < 4.78 is 5.15. The molecule has 3 aromatic rings. The van der Waals surface area contributed by atoms with E-state index in [2.05, 4.69) is 10.3 Å². The molecule has 0 spiro atoms. The quantitative estimate of drug-likeness (QED) is 0.529. The molecule has 8 heteroatoms. The van der Waals surface area contributed by atoms with Crippen LogP contribution in [0.3, 0.4) is 0 Å². The van der Waals surface area contributed by atoms with Crippen LogP contribution in [-0.4, -0.2) is 41.9 Å². The van der Waals surface area contributed by atoms with Crippen molar-refractivity contribution in [1.82, 2.24) is 15.2 Å². The van der Waals surface area contributed by atoms with Gasteiger partial charge in [-0.1, -0.05) is 41.9 Å². The van der Waals surface area contributed by atoms with Crippen LogP contribution in [0.2, 0.25) is 5.02 Å². The van der Waals surface area contributed by atoms with Gasteiger partial charge in [0.25, 0.3) is 5.91 Å². The number of nitrogens with one attached hydrogen (secondary N) is 1. The van der Waals surface area contributed by atoms with Crippen molar-refractivity contribution in [3.63, 3.8) is 0 Å². The van der Waals surface area contributed by atoms with Crippen LogP contribution < -0.4 is 10.1 Å². The average molecular weight is 484 g/mol. The summed E-state index contributed by atoms with van der Waals surface area (Å²) in [7, 11) is 1.62. The molecule has 2 aromatic carbocycles. The minimum atomic E-state index is -0.180. The molecule has 0 radical (unpaired) electrons. The van der Waals surface area contributed by atoms with Crippen LogP contribution in [0, 0.1) is 0 Å². The van der Waals surface area contributed by atoms with E-state index in [0.717, 1.165) is 34.7 Å². The number of methoxy groups -OCH3 is 1. The third-order valence-corrected chi connectivity index (χ3v) is 7.24. The van der Waals surface area contributed by atoms with Crippen LogP contribution in [0.5, 0.6) is 5.75 Å². The minimum absolute atomic E-state index is 0.0966. The summed E-state index contributed by atoms with van der Waals surface area (Å²) in [4.78, 5) is 31.7. The second-order valence-corrected chi connectivity index (χ2v) is 9.32. The lowest BCUT2D eigenvalue weighted by molar-refractivity contribution is -0.131. The molecule has 4 rings (SSSR count). The average Bonchev–Trinajstić information content (AvgIpc) is 3.35. The van der Waals surface area contributed by atoms with Crippen molar-refractivity contribution in [1.29, 1.82) is 0 Å². The number of halogens is 1. The van der Waals surface area contributed by atoms with Crippen LogP contribution in [0.4, 0.5) is 0 Å². The standard InChI is InChI=1S/C25H26ClN3O3S/c1-32-20-8-6-17(7-9-20)15-27-24(31)22-16-33-25(28-22)18-10-12-29(13-11-18)23(30)14-19-4-2-3-5-21(19)26/h2-9,16,18H,10-15H2,1H3,(H,27,31). The minimum Gasteiger partial charge on any atom is -0.497 e. The molecular formula is C25H26ClN3O3S. The molecule has 0 bridgehead atoms. The van der Waals surface area contributed by atoms with E-state index < -0.39 is 0 Å². The van der Waals surface area contributed by atoms with Crippen LogP contribution in [0.1, 0.15) is 45.4 Å². The van der Waals surface area contributed by atoms with Crippen LogP contribution in [0.25, 0.3) is 0 Å². The fraction of sp³-hybridized carbons (Fsp3) is 0.320. The predicted octanol–water partition coefficient (Wildman–Crippen LogP) is 4.68. The largest absolute Gasteiger partial charge is 0.497 e. The fourth-order valence-electron chi connectivity index (χ4n) is 3.89. The first-order chi connectivity index (χ1) is 16.0. The zero-order chi connectivity index (χ0) is 23.2. The van der Waals surface area contributed by atoms with Crippen molar-refractivity contribution in [2.45, 2.75) is 31.7 Å². The van der Waals surface area contributed by atoms with Crippen molar-refractivity contribution >= 4 is 34.8 Å². The van der Waals surface area contributed by atoms with E-state index in [1.165, 1.54) is 11.3 Å². The van der Waals surface area contributed by atoms with E-state index in [4.69, 9.17) is 16.3 Å². The van der Waals surface area contributed by atoms with Crippen LogP contribution in [0.15, 0.2) is 53.9 Å². The van der Waals surface area contributed by atoms with Crippen LogP contribution >= 0.6 is 22.9 Å². The Morgan fingerprint density at radius 1 is 1.15 bits per heavy atom. The van der Waals surface area contributed by atoms with Gasteiger partial charge in [0, 0.05) is 36.0 Å². The first kappa shape index (κ1) is 23.3. The number of thiazole rings is 1. The number of piperidine rings is 1. The highest BCUT2D eigenvalue weighted by molar-refractivity contribution is 7.09. The Morgan fingerprint density at radius 2 is 1.88 bits per heavy atom. The van der Waals surface area contributed by atoms with Gasteiger partial charge in [-0.15, -0.1) is 11.3 Å². The smallest absolute Gasteiger partial charge is 0.271 e. The van der Waals surface area contributed by atoms with E-state index in [-0.39, 0.29) is 17.7 Å². The molecule has 0 atom stereocenters. The summed E-state index contributed by atoms with van der Waals surface area (Å²) in [5.41, 5.74) is 2.30. The highest BCUT2D eigenvalue weighted by Gasteiger charge is 2.26. The number of carbonyl (C=O) groups excluding carboxylic acids is 2. The monoisotopic (exact) mass is 483 g/mol. The maximum absolute atomic E-state index is 12.7. The number of nitrogens with zero attached hydrogens (tertiary/aromatic N) is 2. The summed E-state index contributed by atoms with van der Waals surface area (Å²) in [6.45, 7) is 1.81. The van der Waals surface area contributed by atoms with Gasteiger partial charge in [0.05, 0.1) is 18.5 Å². The summed E-state index contributed by atoms with van der Waals surface area (Å²) in [6.07, 6.45) is 2.00. The lowest BCUT2D eigenvalue weighted by Gasteiger charge is -2.31. The summed E-state index contributed by atoms with van der Waals surface area (Å²) in [6, 6.07) is 15.0. The Balaban J connectivity index is 1.27. The molecule has 1 aliphatic heterocycles. The second-order valence-electron chi connectivity index (χ2n) is 8.02. The lowest BCUT2D eigenvalue weighted by Crippen LogP contribution is -2.38. The van der Waals surface area contributed by atoms with E-state index in [1.54, 1.807) is 7.11 Å². The van der Waals surface area contributed by atoms with Crippen molar-refractivity contribution in [3.05, 3.63) is 80.8 Å². The van der Waals surface area contributed by atoms with Gasteiger partial charge in [-0.05, 0) is 42.2 Å². The zero-order valence-corrected chi connectivity index (χ0v) is 20.0. The Bertz CT molecular complexity index is 1110. The lowest BCUT2D eigenvalue weighted by atomic mass is 9.97. The van der Waals surface area contributed by atoms with Crippen molar-refractivity contribution < 1.29 is 14.3 Å². The third-order valence-electron chi connectivity index (χ3n) is 5.86. The van der Waals surface area contributed by atoms with Gasteiger partial charge in [-0.2, -0.15) is 0 Å². The van der Waals surface area contributed by atoms with E-state index in [0.29, 0.717) is 36.8 Å². The Kier molecular flexibility index (Phi) is 7.62. The van der Waals surface area contributed by atoms with Crippen molar-refractivity contribution in [3.8, 4) is 5.75 Å². The highest BCUT2D eigenvalue weighted by Crippen LogP contribution is 2.31. The molecule has 1 fully saturated rings. The van der Waals surface area contributed by atoms with Crippen molar-refractivity contribution in [2.24, 2.45) is 0 Å². The maximum atomic E-state index is 12.7. The first-order valence-corrected chi connectivity index (χ1v) is 12.2. The number of ether oxygens (including phenoxy) is 1. The second kappa shape index (κ2) is 10.8. The van der Waals surface area contributed by atoms with E-state index in [1.807, 2.05) is 58.8 Å². The molecule has 0 aliphatic carbocycles. The number of hydrogen-bond acceptors (Lipinski definition) is 5. The first-order valence-electron chi connectivity index (χ1n) is 10.9. The molecule has 6 nitrogen and oxygen atoms in total. The van der Waals surface area contributed by atoms with Crippen molar-refractivity contribution in [2.75, 3.05) is 20.2 Å². The predicted molar refractivity (Wildman–Crippen MR) is 130 cm³/mol. The van der Waals surface area contributed by atoms with Crippen LogP contribution in [-0.2, 0) is 17.8 Å². The molecule has 172 valence electrons. The topological polar surface area (TPSA) is 71.5 Å². The van der Waals surface area contributed by atoms with Gasteiger partial charge in [-0.25, -0.2) is 4.98 Å². The zero-order valence-electron chi connectivity index (χ0n) is 18.4. The summed E-state index contributed by atoms with van der Waals surface area (Å²) in [5.74, 6) is 0.966. The number of aromatic nitrogens is 1. The number of hydrogen-bond donors (Lipinski definition) is 1. The number of carbonyl (C=O) groups is 2. The molecule has 33 heavy (non-hydrogen) atoms. The molecule has 0 saturated carbocycles. The van der Waals surface area contributed by atoms with Gasteiger partial charge in [0.15, 0.2) is 0 Å². The molecule has 2 amide bonds. The molecule has 1 aliphatic rings. The van der Waals surface area contributed by atoms with Gasteiger partial charge >= 0.3 is 0 Å². The van der Waals surface area contributed by atoms with Gasteiger partial charge in [0.2, 0.25) is 5.91 Å². The Labute approximate surface area is 202 Å². The third kappa shape index (κ3) is 5.92. The molecule has 0 unspecified atom stereocenters. The number of likely N-dealkylation sites (tertiary alicyclic amines) is 1. The molecule has 2 heterocycles. The number of rotatable bonds is 7. The summed E-state index contributed by atoms with van der Waals surface area (Å²) >= 11 is 7.71. The number of benzene rings is 2.